The molecule has 1 saturated carbocycles. The van der Waals surface area contributed by atoms with Crippen molar-refractivity contribution in [1.29, 1.82) is 0 Å². The average Bonchev–Trinajstić information content (AvgIpc) is 2.67. The van der Waals surface area contributed by atoms with Crippen LogP contribution in [0.2, 0.25) is 0 Å². The molecule has 6 heteroatoms. The second-order valence-corrected chi connectivity index (χ2v) is 8.49. The van der Waals surface area contributed by atoms with Crippen LogP contribution in [0.5, 0.6) is 0 Å². The third-order valence-electron chi connectivity index (χ3n) is 5.30. The summed E-state index contributed by atoms with van der Waals surface area (Å²) in [6, 6.07) is 8.05. The van der Waals surface area contributed by atoms with Crippen molar-refractivity contribution in [3.8, 4) is 0 Å². The van der Waals surface area contributed by atoms with Crippen molar-refractivity contribution >= 4 is 29.3 Å². The van der Waals surface area contributed by atoms with E-state index in [1.807, 2.05) is 30.0 Å². The highest BCUT2D eigenvalue weighted by Gasteiger charge is 2.29. The molecule has 0 aromatic heterocycles. The first kappa shape index (κ1) is 19.2. The monoisotopic (exact) mass is 377 g/mol. The zero-order valence-corrected chi connectivity index (χ0v) is 15.8. The number of thioether (sulfide) groups is 1. The maximum absolute atomic E-state index is 12.5. The Hall–Kier alpha value is -1.53. The molecule has 0 unspecified atom stereocenters. The summed E-state index contributed by atoms with van der Waals surface area (Å²) in [6.45, 7) is 1.72. The lowest BCUT2D eigenvalue weighted by molar-refractivity contribution is -0.143. The number of aliphatic carboxylic acids is 1. The van der Waals surface area contributed by atoms with Gasteiger partial charge in [-0.2, -0.15) is 11.8 Å². The minimum Gasteiger partial charge on any atom is -0.481 e. The molecule has 142 valence electrons. The van der Waals surface area contributed by atoms with Gasteiger partial charge in [-0.3, -0.25) is 9.59 Å². The fourth-order valence-electron chi connectivity index (χ4n) is 3.64. The third-order valence-corrected chi connectivity index (χ3v) is 6.74. The Morgan fingerprint density at radius 2 is 1.77 bits per heavy atom. The van der Waals surface area contributed by atoms with Gasteiger partial charge in [-0.15, -0.1) is 0 Å². The van der Waals surface area contributed by atoms with Crippen LogP contribution >= 0.6 is 11.8 Å². The summed E-state index contributed by atoms with van der Waals surface area (Å²) in [5.74, 6) is -0.143. The molecular formula is C20H27NO4S. The van der Waals surface area contributed by atoms with Crippen LogP contribution in [0.4, 0.5) is 5.69 Å². The lowest BCUT2D eigenvalue weighted by Crippen LogP contribution is -2.29. The number of ether oxygens (including phenoxy) is 1. The minimum atomic E-state index is -0.737. The van der Waals surface area contributed by atoms with Gasteiger partial charge in [0.2, 0.25) is 5.91 Å². The molecule has 1 aliphatic carbocycles. The van der Waals surface area contributed by atoms with E-state index in [0.29, 0.717) is 30.9 Å². The van der Waals surface area contributed by atoms with Gasteiger partial charge in [-0.1, -0.05) is 12.1 Å². The van der Waals surface area contributed by atoms with Crippen LogP contribution in [0.25, 0.3) is 0 Å². The number of carboxylic acids is 1. The summed E-state index contributed by atoms with van der Waals surface area (Å²) in [4.78, 5) is 23.5. The molecule has 1 aromatic carbocycles. The number of carbonyl (C=O) groups excluding carboxylic acids is 1. The van der Waals surface area contributed by atoms with Crippen molar-refractivity contribution in [3.05, 3.63) is 29.8 Å². The summed E-state index contributed by atoms with van der Waals surface area (Å²) in [5.41, 5.74) is 2.05. The fraction of sp³-hybridized carbons (Fsp3) is 0.600. The van der Waals surface area contributed by atoms with Crippen LogP contribution in [0, 0.1) is 11.8 Å². The van der Waals surface area contributed by atoms with Crippen molar-refractivity contribution in [2.75, 3.05) is 18.5 Å². The molecule has 2 aliphatic rings. The lowest BCUT2D eigenvalue weighted by atomic mass is 9.81. The van der Waals surface area contributed by atoms with Gasteiger partial charge in [0, 0.05) is 35.8 Å². The van der Waals surface area contributed by atoms with Crippen LogP contribution in [-0.2, 0) is 20.1 Å². The standard InChI is InChI=1S/C20H27NO4S/c22-19(15-4-6-16(7-5-15)20(23)24)21-17-3-1-2-14(12-17)13-26-18-8-10-25-11-9-18/h1-3,12,15-16,18H,4-11,13H2,(H,21,22)(H,23,24). The lowest BCUT2D eigenvalue weighted by Gasteiger charge is -2.25. The smallest absolute Gasteiger partial charge is 0.306 e. The molecule has 5 nitrogen and oxygen atoms in total. The number of benzene rings is 1. The molecular weight excluding hydrogens is 350 g/mol. The topological polar surface area (TPSA) is 75.6 Å². The van der Waals surface area contributed by atoms with Crippen molar-refractivity contribution in [1.82, 2.24) is 0 Å². The number of nitrogens with one attached hydrogen (secondary N) is 1. The second-order valence-electron chi connectivity index (χ2n) is 7.20. The van der Waals surface area contributed by atoms with Crippen LogP contribution < -0.4 is 5.32 Å². The van der Waals surface area contributed by atoms with E-state index in [2.05, 4.69) is 11.4 Å². The van der Waals surface area contributed by atoms with Gasteiger partial charge < -0.3 is 15.2 Å². The highest BCUT2D eigenvalue weighted by molar-refractivity contribution is 7.99. The first-order valence-corrected chi connectivity index (χ1v) is 10.5. The maximum Gasteiger partial charge on any atom is 0.306 e. The van der Waals surface area contributed by atoms with Crippen LogP contribution in [0.3, 0.4) is 0 Å². The predicted molar refractivity (Wildman–Crippen MR) is 103 cm³/mol. The molecule has 0 atom stereocenters. The molecule has 0 radical (unpaired) electrons. The molecule has 26 heavy (non-hydrogen) atoms. The maximum atomic E-state index is 12.5. The average molecular weight is 378 g/mol. The molecule has 2 N–H and O–H groups in total. The van der Waals surface area contributed by atoms with Gasteiger partial charge >= 0.3 is 5.97 Å². The summed E-state index contributed by atoms with van der Waals surface area (Å²) in [6.07, 6.45) is 4.72. The number of hydrogen-bond acceptors (Lipinski definition) is 4. The Labute approximate surface area is 158 Å². The molecule has 1 heterocycles. The van der Waals surface area contributed by atoms with E-state index < -0.39 is 5.97 Å². The number of rotatable bonds is 6. The number of amides is 1. The van der Waals surface area contributed by atoms with Crippen molar-refractivity contribution in [2.24, 2.45) is 11.8 Å². The normalized spacial score (nSPS) is 24.2. The Kier molecular flexibility index (Phi) is 6.97. The van der Waals surface area contributed by atoms with E-state index in [-0.39, 0.29) is 17.7 Å². The van der Waals surface area contributed by atoms with Gasteiger partial charge in [0.05, 0.1) is 5.92 Å². The minimum absolute atomic E-state index is 0.0167. The second kappa shape index (κ2) is 9.42. The van der Waals surface area contributed by atoms with Crippen LogP contribution in [0.15, 0.2) is 24.3 Å². The van der Waals surface area contributed by atoms with E-state index >= 15 is 0 Å². The molecule has 1 aromatic rings. The zero-order chi connectivity index (χ0) is 18.4. The van der Waals surface area contributed by atoms with Crippen molar-refractivity contribution in [2.45, 2.75) is 49.5 Å². The van der Waals surface area contributed by atoms with E-state index in [1.54, 1.807) is 0 Å². The summed E-state index contributed by atoms with van der Waals surface area (Å²) in [7, 11) is 0. The zero-order valence-electron chi connectivity index (χ0n) is 15.0. The Morgan fingerprint density at radius 3 is 2.46 bits per heavy atom. The Morgan fingerprint density at radius 1 is 1.08 bits per heavy atom. The van der Waals surface area contributed by atoms with Crippen molar-refractivity contribution in [3.63, 3.8) is 0 Å². The molecule has 1 saturated heterocycles. The van der Waals surface area contributed by atoms with Crippen molar-refractivity contribution < 1.29 is 19.4 Å². The number of carboxylic acid groups (broad SMARTS) is 1. The highest BCUT2D eigenvalue weighted by atomic mass is 32.2. The number of anilines is 1. The SMILES string of the molecule is O=C(O)C1CCC(C(=O)Nc2cccc(CSC3CCOCC3)c2)CC1. The molecule has 0 spiro atoms. The van der Waals surface area contributed by atoms with E-state index in [9.17, 15) is 9.59 Å². The first-order chi connectivity index (χ1) is 12.6. The van der Waals surface area contributed by atoms with Crippen LogP contribution in [0.1, 0.15) is 44.1 Å². The fourth-order valence-corrected chi connectivity index (χ4v) is 4.78. The van der Waals surface area contributed by atoms with Gasteiger partial charge in [0.15, 0.2) is 0 Å². The molecule has 3 rings (SSSR count). The Bertz CT molecular complexity index is 622. The van der Waals surface area contributed by atoms with E-state index in [0.717, 1.165) is 37.5 Å². The predicted octanol–water partition coefficient (Wildman–Crippen LogP) is 3.93. The largest absolute Gasteiger partial charge is 0.481 e. The summed E-state index contributed by atoms with van der Waals surface area (Å²) < 4.78 is 5.40. The molecule has 1 amide bonds. The number of hydrogen-bond donors (Lipinski definition) is 2. The summed E-state index contributed by atoms with van der Waals surface area (Å²) in [5, 5.41) is 12.7. The van der Waals surface area contributed by atoms with Gasteiger partial charge in [0.25, 0.3) is 0 Å². The van der Waals surface area contributed by atoms with E-state index in [1.165, 1.54) is 5.56 Å². The van der Waals surface area contributed by atoms with Crippen LogP contribution in [-0.4, -0.2) is 35.4 Å². The molecule has 0 bridgehead atoms. The van der Waals surface area contributed by atoms with Gasteiger partial charge in [-0.25, -0.2) is 0 Å². The van der Waals surface area contributed by atoms with Gasteiger partial charge in [-0.05, 0) is 56.2 Å². The van der Waals surface area contributed by atoms with Gasteiger partial charge in [0.1, 0.15) is 0 Å². The molecule has 1 aliphatic heterocycles. The summed E-state index contributed by atoms with van der Waals surface area (Å²) >= 11 is 1.96. The van der Waals surface area contributed by atoms with E-state index in [4.69, 9.17) is 9.84 Å². The highest BCUT2D eigenvalue weighted by Crippen LogP contribution is 2.30. The third kappa shape index (κ3) is 5.48. The first-order valence-electron chi connectivity index (χ1n) is 9.44. The Balaban J connectivity index is 1.48. The quantitative estimate of drug-likeness (QED) is 0.786. The number of carbonyl (C=O) groups is 2. The molecule has 2 fully saturated rings.